The molecule has 2 aromatic rings. The van der Waals surface area contributed by atoms with Crippen molar-refractivity contribution >= 4 is 17.5 Å². The molecule has 0 aliphatic rings. The third kappa shape index (κ3) is 2.44. The minimum Gasteiger partial charge on any atom is -0.496 e. The van der Waals surface area contributed by atoms with Gasteiger partial charge in [-0.05, 0) is 25.1 Å². The smallest absolute Gasteiger partial charge is 0.229 e. The van der Waals surface area contributed by atoms with E-state index < -0.39 is 0 Å². The molecular weight excluding hydrogens is 216 g/mol. The Kier molecular flexibility index (Phi) is 3.09. The normalized spacial score (nSPS) is 10.0. The van der Waals surface area contributed by atoms with E-state index >= 15 is 0 Å². The Morgan fingerprint density at radius 3 is 2.82 bits per heavy atom. The number of nitrogen functional groups attached to an aromatic ring is 1. The van der Waals surface area contributed by atoms with Gasteiger partial charge in [-0.3, -0.25) is 0 Å². The number of hydrogen-bond acceptors (Lipinski definition) is 5. The Morgan fingerprint density at radius 2 is 2.12 bits per heavy atom. The fourth-order valence-corrected chi connectivity index (χ4v) is 1.52. The highest BCUT2D eigenvalue weighted by molar-refractivity contribution is 5.62. The summed E-state index contributed by atoms with van der Waals surface area (Å²) >= 11 is 0. The first-order valence-corrected chi connectivity index (χ1v) is 5.20. The van der Waals surface area contributed by atoms with Crippen LogP contribution in [0, 0.1) is 6.92 Å². The van der Waals surface area contributed by atoms with Crippen molar-refractivity contribution in [3.63, 3.8) is 0 Å². The van der Waals surface area contributed by atoms with Gasteiger partial charge in [-0.15, -0.1) is 0 Å². The fourth-order valence-electron chi connectivity index (χ4n) is 1.52. The van der Waals surface area contributed by atoms with Crippen LogP contribution in [-0.2, 0) is 0 Å². The molecular formula is C12H14N4O. The van der Waals surface area contributed by atoms with Crippen LogP contribution < -0.4 is 15.8 Å². The van der Waals surface area contributed by atoms with Crippen molar-refractivity contribution in [2.75, 3.05) is 18.2 Å². The van der Waals surface area contributed by atoms with Crippen LogP contribution in [0.5, 0.6) is 5.75 Å². The van der Waals surface area contributed by atoms with Gasteiger partial charge in [0, 0.05) is 17.4 Å². The van der Waals surface area contributed by atoms with Crippen LogP contribution in [0.1, 0.15) is 5.56 Å². The van der Waals surface area contributed by atoms with Gasteiger partial charge in [-0.2, -0.15) is 4.98 Å². The topological polar surface area (TPSA) is 73.1 Å². The van der Waals surface area contributed by atoms with E-state index in [9.17, 15) is 0 Å². The zero-order valence-electron chi connectivity index (χ0n) is 9.77. The van der Waals surface area contributed by atoms with Crippen LogP contribution >= 0.6 is 0 Å². The molecule has 1 aromatic heterocycles. The first kappa shape index (κ1) is 11.2. The Balaban J connectivity index is 2.30. The average Bonchev–Trinajstić information content (AvgIpc) is 2.32. The lowest BCUT2D eigenvalue weighted by Crippen LogP contribution is -2.01. The highest BCUT2D eigenvalue weighted by atomic mass is 16.5. The van der Waals surface area contributed by atoms with Crippen LogP contribution in [0.4, 0.5) is 17.5 Å². The van der Waals surface area contributed by atoms with Crippen LogP contribution in [-0.4, -0.2) is 17.1 Å². The molecule has 0 amide bonds. The molecule has 1 aromatic carbocycles. The standard InChI is InChI=1S/C12H14N4O/c1-8-9(4-3-5-10(8)17-2)15-12-14-7-6-11(13)16-12/h3-7H,1-2H3,(H3,13,14,15,16). The number of aromatic nitrogens is 2. The van der Waals surface area contributed by atoms with E-state index in [2.05, 4.69) is 15.3 Å². The maximum Gasteiger partial charge on any atom is 0.229 e. The van der Waals surface area contributed by atoms with Crippen molar-refractivity contribution in [1.82, 2.24) is 9.97 Å². The quantitative estimate of drug-likeness (QED) is 0.844. The molecule has 2 rings (SSSR count). The van der Waals surface area contributed by atoms with Crippen molar-refractivity contribution in [2.24, 2.45) is 0 Å². The van der Waals surface area contributed by atoms with Crippen LogP contribution in [0.25, 0.3) is 0 Å². The number of nitrogens with one attached hydrogen (secondary N) is 1. The van der Waals surface area contributed by atoms with Crippen molar-refractivity contribution < 1.29 is 4.74 Å². The third-order valence-electron chi connectivity index (χ3n) is 2.43. The van der Waals surface area contributed by atoms with Gasteiger partial charge in [-0.1, -0.05) is 6.07 Å². The number of methoxy groups -OCH3 is 1. The third-order valence-corrected chi connectivity index (χ3v) is 2.43. The van der Waals surface area contributed by atoms with Crippen LogP contribution in [0.2, 0.25) is 0 Å². The van der Waals surface area contributed by atoms with E-state index in [0.29, 0.717) is 11.8 Å². The van der Waals surface area contributed by atoms with E-state index in [-0.39, 0.29) is 0 Å². The summed E-state index contributed by atoms with van der Waals surface area (Å²) in [6.45, 7) is 1.97. The molecule has 0 spiro atoms. The van der Waals surface area contributed by atoms with E-state index in [1.165, 1.54) is 0 Å². The zero-order valence-corrected chi connectivity index (χ0v) is 9.77. The van der Waals surface area contributed by atoms with Gasteiger partial charge in [0.2, 0.25) is 5.95 Å². The summed E-state index contributed by atoms with van der Waals surface area (Å²) in [5.74, 6) is 1.73. The molecule has 5 nitrogen and oxygen atoms in total. The summed E-state index contributed by atoms with van der Waals surface area (Å²) in [6.07, 6.45) is 1.61. The van der Waals surface area contributed by atoms with E-state index in [0.717, 1.165) is 17.0 Å². The summed E-state index contributed by atoms with van der Waals surface area (Å²) in [6, 6.07) is 7.38. The number of anilines is 3. The van der Waals surface area contributed by atoms with Crippen molar-refractivity contribution in [1.29, 1.82) is 0 Å². The monoisotopic (exact) mass is 230 g/mol. The van der Waals surface area contributed by atoms with Gasteiger partial charge in [0.25, 0.3) is 0 Å². The summed E-state index contributed by atoms with van der Waals surface area (Å²) in [5, 5.41) is 3.11. The number of hydrogen-bond donors (Lipinski definition) is 2. The summed E-state index contributed by atoms with van der Waals surface area (Å²) in [4.78, 5) is 8.17. The van der Waals surface area contributed by atoms with E-state index in [4.69, 9.17) is 10.5 Å². The lowest BCUT2D eigenvalue weighted by molar-refractivity contribution is 0.412. The van der Waals surface area contributed by atoms with Gasteiger partial charge in [0.15, 0.2) is 0 Å². The highest BCUT2D eigenvalue weighted by Crippen LogP contribution is 2.26. The number of rotatable bonds is 3. The lowest BCUT2D eigenvalue weighted by atomic mass is 10.2. The number of benzene rings is 1. The first-order valence-electron chi connectivity index (χ1n) is 5.20. The largest absolute Gasteiger partial charge is 0.496 e. The first-order chi connectivity index (χ1) is 8.20. The molecule has 88 valence electrons. The summed E-state index contributed by atoms with van der Waals surface area (Å²) < 4.78 is 5.24. The molecule has 0 fully saturated rings. The predicted octanol–water partition coefficient (Wildman–Crippen LogP) is 2.12. The molecule has 0 saturated heterocycles. The molecule has 0 unspecified atom stereocenters. The Bertz CT molecular complexity index is 528. The van der Waals surface area contributed by atoms with Gasteiger partial charge in [-0.25, -0.2) is 4.98 Å². The Hall–Kier alpha value is -2.30. The molecule has 0 radical (unpaired) electrons. The molecule has 1 heterocycles. The molecule has 3 N–H and O–H groups in total. The number of nitrogens with two attached hydrogens (primary N) is 1. The van der Waals surface area contributed by atoms with Gasteiger partial charge < -0.3 is 15.8 Å². The minimum absolute atomic E-state index is 0.433. The second-order valence-electron chi connectivity index (χ2n) is 3.56. The number of ether oxygens (including phenoxy) is 1. The Morgan fingerprint density at radius 1 is 1.29 bits per heavy atom. The second kappa shape index (κ2) is 4.69. The van der Waals surface area contributed by atoms with Crippen molar-refractivity contribution in [3.8, 4) is 5.75 Å². The SMILES string of the molecule is COc1cccc(Nc2nccc(N)n2)c1C. The molecule has 0 saturated carbocycles. The van der Waals surface area contributed by atoms with E-state index in [1.807, 2.05) is 25.1 Å². The molecule has 0 aliphatic carbocycles. The lowest BCUT2D eigenvalue weighted by Gasteiger charge is -2.11. The Labute approximate surface area is 99.7 Å². The molecule has 5 heteroatoms. The van der Waals surface area contributed by atoms with Gasteiger partial charge in [0.1, 0.15) is 11.6 Å². The van der Waals surface area contributed by atoms with E-state index in [1.54, 1.807) is 19.4 Å². The second-order valence-corrected chi connectivity index (χ2v) is 3.56. The number of nitrogens with zero attached hydrogens (tertiary/aromatic N) is 2. The molecule has 0 aliphatic heterocycles. The fraction of sp³-hybridized carbons (Fsp3) is 0.167. The van der Waals surface area contributed by atoms with Gasteiger partial charge in [0.05, 0.1) is 7.11 Å². The predicted molar refractivity (Wildman–Crippen MR) is 67.5 cm³/mol. The maximum absolute atomic E-state index is 5.59. The molecule has 0 atom stereocenters. The molecule has 0 bridgehead atoms. The molecule has 17 heavy (non-hydrogen) atoms. The van der Waals surface area contributed by atoms with Crippen LogP contribution in [0.3, 0.4) is 0 Å². The van der Waals surface area contributed by atoms with Crippen LogP contribution in [0.15, 0.2) is 30.5 Å². The summed E-state index contributed by atoms with van der Waals surface area (Å²) in [7, 11) is 1.64. The van der Waals surface area contributed by atoms with Gasteiger partial charge >= 0.3 is 0 Å². The minimum atomic E-state index is 0.433. The highest BCUT2D eigenvalue weighted by Gasteiger charge is 2.05. The van der Waals surface area contributed by atoms with Crippen molar-refractivity contribution in [3.05, 3.63) is 36.0 Å². The maximum atomic E-state index is 5.59. The zero-order chi connectivity index (χ0) is 12.3. The summed E-state index contributed by atoms with van der Waals surface area (Å²) in [5.41, 5.74) is 7.49. The van der Waals surface area contributed by atoms with Crippen molar-refractivity contribution in [2.45, 2.75) is 6.92 Å². The average molecular weight is 230 g/mol.